The normalized spacial score (nSPS) is 33.3. The molecular weight excluding hydrogens is 259 g/mol. The summed E-state index contributed by atoms with van der Waals surface area (Å²) in [6, 6.07) is 0. The average Bonchev–Trinajstić information content (AvgIpc) is 2.37. The molecule has 0 aromatic carbocycles. The summed E-state index contributed by atoms with van der Waals surface area (Å²) in [6.45, 7) is 0.952. The number of rotatable bonds is 1. The number of likely N-dealkylation sites (tertiary alicyclic amines) is 1. The maximum Gasteiger partial charge on any atom is 0.391 e. The van der Waals surface area contributed by atoms with Crippen LogP contribution in [0.1, 0.15) is 38.5 Å². The Bertz CT molecular complexity index is 324. The quantitative estimate of drug-likeness (QED) is 0.800. The van der Waals surface area contributed by atoms with Crippen molar-refractivity contribution in [2.75, 3.05) is 13.1 Å². The predicted molar refractivity (Wildman–Crippen MR) is 63.3 cm³/mol. The van der Waals surface area contributed by atoms with E-state index >= 15 is 0 Å². The minimum absolute atomic E-state index is 0.0519. The van der Waals surface area contributed by atoms with E-state index in [4.69, 9.17) is 0 Å². The maximum absolute atomic E-state index is 12.5. The highest BCUT2D eigenvalue weighted by molar-refractivity contribution is 5.79. The van der Waals surface area contributed by atoms with Crippen molar-refractivity contribution >= 4 is 5.91 Å². The molecule has 0 radical (unpaired) electrons. The fourth-order valence-electron chi connectivity index (χ4n) is 3.08. The lowest BCUT2D eigenvalue weighted by Gasteiger charge is -2.35. The summed E-state index contributed by atoms with van der Waals surface area (Å²) < 4.78 is 37.6. The molecule has 2 fully saturated rings. The van der Waals surface area contributed by atoms with Gasteiger partial charge in [-0.15, -0.1) is 0 Å². The summed E-state index contributed by atoms with van der Waals surface area (Å²) in [5, 5.41) is 9.53. The first-order chi connectivity index (χ1) is 8.88. The maximum atomic E-state index is 12.5. The summed E-state index contributed by atoms with van der Waals surface area (Å²) in [5.41, 5.74) is 0. The number of β-amino-alcohol motifs (C(OH)–C–C–N with tert-alkyl or cyclic N) is 1. The van der Waals surface area contributed by atoms with Gasteiger partial charge in [0.15, 0.2) is 0 Å². The molecule has 1 aliphatic heterocycles. The van der Waals surface area contributed by atoms with Gasteiger partial charge in [0.1, 0.15) is 0 Å². The number of carbonyl (C=O) groups is 1. The first-order valence-electron chi connectivity index (χ1n) is 6.91. The monoisotopic (exact) mass is 279 g/mol. The van der Waals surface area contributed by atoms with Crippen LogP contribution in [0.5, 0.6) is 0 Å². The van der Waals surface area contributed by atoms with Gasteiger partial charge in [-0.1, -0.05) is 0 Å². The van der Waals surface area contributed by atoms with E-state index in [1.165, 1.54) is 0 Å². The molecule has 2 aliphatic rings. The second kappa shape index (κ2) is 5.69. The SMILES string of the molecule is O=C(C1CCC(C(F)(F)F)CC1)N1CCCC(O)C1. The minimum Gasteiger partial charge on any atom is -0.391 e. The number of halogens is 3. The number of nitrogens with zero attached hydrogens (tertiary/aromatic N) is 1. The van der Waals surface area contributed by atoms with Gasteiger partial charge in [0.25, 0.3) is 0 Å². The van der Waals surface area contributed by atoms with Gasteiger partial charge >= 0.3 is 6.18 Å². The van der Waals surface area contributed by atoms with Gasteiger partial charge in [-0.2, -0.15) is 13.2 Å². The number of amides is 1. The standard InChI is InChI=1S/C13H20F3NO2/c14-13(15,16)10-5-3-9(4-6-10)12(19)17-7-1-2-11(18)8-17/h9-11,18H,1-8H2. The second-order valence-electron chi connectivity index (χ2n) is 5.67. The van der Waals surface area contributed by atoms with E-state index in [0.717, 1.165) is 6.42 Å². The van der Waals surface area contributed by atoms with Gasteiger partial charge in [-0.05, 0) is 38.5 Å². The van der Waals surface area contributed by atoms with Crippen LogP contribution in [0, 0.1) is 11.8 Å². The van der Waals surface area contributed by atoms with Crippen LogP contribution in [0.2, 0.25) is 0 Å². The van der Waals surface area contributed by atoms with Gasteiger partial charge < -0.3 is 10.0 Å². The molecular formula is C13H20F3NO2. The Hall–Kier alpha value is -0.780. The molecule has 1 heterocycles. The topological polar surface area (TPSA) is 40.5 Å². The number of hydrogen-bond acceptors (Lipinski definition) is 2. The second-order valence-corrected chi connectivity index (χ2v) is 5.67. The molecule has 0 aromatic rings. The van der Waals surface area contributed by atoms with Crippen LogP contribution >= 0.6 is 0 Å². The Kier molecular flexibility index (Phi) is 4.38. The van der Waals surface area contributed by atoms with Crippen molar-refractivity contribution in [2.45, 2.75) is 50.8 Å². The van der Waals surface area contributed by atoms with Crippen molar-refractivity contribution < 1.29 is 23.1 Å². The summed E-state index contributed by atoms with van der Waals surface area (Å²) >= 11 is 0. The molecule has 1 saturated heterocycles. The summed E-state index contributed by atoms with van der Waals surface area (Å²) in [5.74, 6) is -1.60. The largest absolute Gasteiger partial charge is 0.391 e. The number of aliphatic hydroxyl groups is 1. The van der Waals surface area contributed by atoms with Crippen molar-refractivity contribution in [3.05, 3.63) is 0 Å². The number of hydrogen-bond donors (Lipinski definition) is 1. The van der Waals surface area contributed by atoms with Crippen molar-refractivity contribution in [3.8, 4) is 0 Å². The van der Waals surface area contributed by atoms with E-state index in [-0.39, 0.29) is 24.7 Å². The zero-order valence-electron chi connectivity index (χ0n) is 10.8. The molecule has 6 heteroatoms. The first-order valence-corrected chi connectivity index (χ1v) is 6.91. The molecule has 19 heavy (non-hydrogen) atoms. The third kappa shape index (κ3) is 3.61. The van der Waals surface area contributed by atoms with Crippen LogP contribution in [0.25, 0.3) is 0 Å². The Balaban J connectivity index is 1.85. The van der Waals surface area contributed by atoms with Crippen LogP contribution in [0.3, 0.4) is 0 Å². The van der Waals surface area contributed by atoms with E-state index in [2.05, 4.69) is 0 Å². The molecule has 1 aliphatic carbocycles. The van der Waals surface area contributed by atoms with Crippen molar-refractivity contribution in [1.29, 1.82) is 0 Å². The van der Waals surface area contributed by atoms with E-state index in [0.29, 0.717) is 32.4 Å². The molecule has 1 amide bonds. The lowest BCUT2D eigenvalue weighted by atomic mass is 9.81. The highest BCUT2D eigenvalue weighted by Gasteiger charge is 2.43. The fraction of sp³-hybridized carbons (Fsp3) is 0.923. The minimum atomic E-state index is -4.13. The molecule has 3 nitrogen and oxygen atoms in total. The lowest BCUT2D eigenvalue weighted by Crippen LogP contribution is -2.45. The summed E-state index contributed by atoms with van der Waals surface area (Å²) in [4.78, 5) is 13.8. The van der Waals surface area contributed by atoms with Crippen LogP contribution in [-0.2, 0) is 4.79 Å². The van der Waals surface area contributed by atoms with E-state index in [9.17, 15) is 23.1 Å². The zero-order valence-corrected chi connectivity index (χ0v) is 10.8. The van der Waals surface area contributed by atoms with E-state index < -0.39 is 18.2 Å². The Morgan fingerprint density at radius 2 is 1.74 bits per heavy atom. The molecule has 1 unspecified atom stereocenters. The van der Waals surface area contributed by atoms with E-state index in [1.807, 2.05) is 0 Å². The fourth-order valence-corrected chi connectivity index (χ4v) is 3.08. The van der Waals surface area contributed by atoms with Gasteiger partial charge in [0.2, 0.25) is 5.91 Å². The molecule has 110 valence electrons. The lowest BCUT2D eigenvalue weighted by molar-refractivity contribution is -0.185. The van der Waals surface area contributed by atoms with Crippen molar-refractivity contribution in [2.24, 2.45) is 11.8 Å². The summed E-state index contributed by atoms with van der Waals surface area (Å²) in [6.07, 6.45) is -2.41. The van der Waals surface area contributed by atoms with Gasteiger partial charge in [-0.25, -0.2) is 0 Å². The molecule has 1 atom stereocenters. The van der Waals surface area contributed by atoms with Crippen LogP contribution in [0.4, 0.5) is 13.2 Å². The van der Waals surface area contributed by atoms with Crippen molar-refractivity contribution in [1.82, 2.24) is 4.90 Å². The third-order valence-electron chi connectivity index (χ3n) is 4.25. The summed E-state index contributed by atoms with van der Waals surface area (Å²) in [7, 11) is 0. The predicted octanol–water partition coefficient (Wildman–Crippen LogP) is 2.34. The Morgan fingerprint density at radius 1 is 1.11 bits per heavy atom. The highest BCUT2D eigenvalue weighted by atomic mass is 19.4. The molecule has 0 aromatic heterocycles. The molecule has 0 spiro atoms. The number of alkyl halides is 3. The Labute approximate surface area is 110 Å². The molecule has 2 rings (SSSR count). The van der Waals surface area contributed by atoms with Crippen LogP contribution < -0.4 is 0 Å². The smallest absolute Gasteiger partial charge is 0.391 e. The molecule has 1 N–H and O–H groups in total. The number of aliphatic hydroxyl groups excluding tert-OH is 1. The van der Waals surface area contributed by atoms with Gasteiger partial charge in [0, 0.05) is 19.0 Å². The zero-order chi connectivity index (χ0) is 14.0. The molecule has 0 bridgehead atoms. The van der Waals surface area contributed by atoms with Crippen LogP contribution in [-0.4, -0.2) is 41.3 Å². The number of piperidine rings is 1. The molecule has 1 saturated carbocycles. The van der Waals surface area contributed by atoms with Crippen molar-refractivity contribution in [3.63, 3.8) is 0 Å². The Morgan fingerprint density at radius 3 is 2.26 bits per heavy atom. The van der Waals surface area contributed by atoms with Crippen LogP contribution in [0.15, 0.2) is 0 Å². The average molecular weight is 279 g/mol. The highest BCUT2D eigenvalue weighted by Crippen LogP contribution is 2.40. The third-order valence-corrected chi connectivity index (χ3v) is 4.25. The number of carbonyl (C=O) groups excluding carboxylic acids is 1. The van der Waals surface area contributed by atoms with E-state index in [1.54, 1.807) is 4.90 Å². The first kappa shape index (κ1) is 14.6. The van der Waals surface area contributed by atoms with Gasteiger partial charge in [-0.3, -0.25) is 4.79 Å². The van der Waals surface area contributed by atoms with Gasteiger partial charge in [0.05, 0.1) is 12.0 Å².